The molecule has 7 heteroatoms. The molecule has 1 aromatic heterocycles. The second-order valence-corrected chi connectivity index (χ2v) is 12.8. The van der Waals surface area contributed by atoms with E-state index < -0.39 is 34.6 Å². The summed E-state index contributed by atoms with van der Waals surface area (Å²) in [6.45, 7) is 10.1. The molecular formula is C34H40N2O5. The Labute approximate surface area is 241 Å². The number of amides is 1. The lowest BCUT2D eigenvalue weighted by Crippen LogP contribution is -2.58. The molecule has 10 atom stereocenters. The summed E-state index contributed by atoms with van der Waals surface area (Å²) in [6.07, 6.45) is 10.2. The highest BCUT2D eigenvalue weighted by Crippen LogP contribution is 2.67. The number of allylic oxidation sites excluding steroid dienone is 3. The van der Waals surface area contributed by atoms with Crippen LogP contribution in [0.2, 0.25) is 0 Å². The summed E-state index contributed by atoms with van der Waals surface area (Å²) in [5, 5.41) is 15.1. The Morgan fingerprint density at radius 1 is 1.17 bits per heavy atom. The molecule has 2 saturated heterocycles. The minimum absolute atomic E-state index is 0.0501. The van der Waals surface area contributed by atoms with Crippen LogP contribution in [0.15, 0.2) is 66.4 Å². The largest absolute Gasteiger partial charge is 0.381 e. The molecule has 41 heavy (non-hydrogen) atoms. The third-order valence-electron chi connectivity index (χ3n) is 10.5. The predicted molar refractivity (Wildman–Crippen MR) is 157 cm³/mol. The van der Waals surface area contributed by atoms with Crippen LogP contribution < -0.4 is 5.32 Å². The number of H-pyrrole nitrogens is 1. The number of nitrogens with one attached hydrogen (secondary N) is 2. The zero-order valence-electron chi connectivity index (χ0n) is 24.4. The molecule has 4 aliphatic rings. The number of ketones is 2. The van der Waals surface area contributed by atoms with E-state index in [1.54, 1.807) is 6.92 Å². The first-order valence-corrected chi connectivity index (χ1v) is 14.9. The van der Waals surface area contributed by atoms with Gasteiger partial charge >= 0.3 is 0 Å². The standard InChI is InChI=1S/C34H40N2O5/c1-6-23-28-29(20(4)22-17-35-25-13-8-7-11-21(22)25)36-32(40)34(28)24(31-33(23,5)41-31)12-9-10-18(2)16-19(3)30(39)26(37)14-15-27(34)38/h7-9,11-18,20,23-24,28-31,35,39H,6,10H2,1-5H3,(H,36,40)/b12-9+,15-14+,19-16-/t18-,20-,23-,24-,28-,29-,30+,31-,33+,34+/m0/s1. The van der Waals surface area contributed by atoms with Crippen molar-refractivity contribution in [3.05, 3.63) is 72.0 Å². The van der Waals surface area contributed by atoms with Gasteiger partial charge in [-0.3, -0.25) is 14.4 Å². The molecule has 0 radical (unpaired) electrons. The van der Waals surface area contributed by atoms with Crippen molar-refractivity contribution in [1.82, 2.24) is 10.3 Å². The minimum Gasteiger partial charge on any atom is -0.381 e. The van der Waals surface area contributed by atoms with Crippen molar-refractivity contribution >= 4 is 28.4 Å². The van der Waals surface area contributed by atoms with Gasteiger partial charge in [0.25, 0.3) is 0 Å². The second-order valence-electron chi connectivity index (χ2n) is 12.8. The van der Waals surface area contributed by atoms with Crippen molar-refractivity contribution < 1.29 is 24.2 Å². The maximum atomic E-state index is 14.5. The summed E-state index contributed by atoms with van der Waals surface area (Å²) >= 11 is 0. The number of hydrogen-bond donors (Lipinski definition) is 3. The van der Waals surface area contributed by atoms with Crippen LogP contribution in [0, 0.1) is 29.1 Å². The molecule has 0 unspecified atom stereocenters. The number of epoxide rings is 1. The van der Waals surface area contributed by atoms with Crippen LogP contribution in [0.1, 0.15) is 58.9 Å². The summed E-state index contributed by atoms with van der Waals surface area (Å²) in [5.74, 6) is -2.17. The Balaban J connectivity index is 1.51. The number of aliphatic hydroxyl groups excluding tert-OH is 1. The summed E-state index contributed by atoms with van der Waals surface area (Å²) < 4.78 is 6.45. The van der Waals surface area contributed by atoms with Crippen molar-refractivity contribution in [3.63, 3.8) is 0 Å². The van der Waals surface area contributed by atoms with Crippen LogP contribution >= 0.6 is 0 Å². The molecule has 3 heterocycles. The molecule has 216 valence electrons. The monoisotopic (exact) mass is 556 g/mol. The highest BCUT2D eigenvalue weighted by molar-refractivity contribution is 6.15. The summed E-state index contributed by atoms with van der Waals surface area (Å²) in [7, 11) is 0. The van der Waals surface area contributed by atoms with Gasteiger partial charge in [-0.1, -0.05) is 63.6 Å². The number of ether oxygens (including phenoxy) is 1. The average molecular weight is 557 g/mol. The van der Waals surface area contributed by atoms with Crippen LogP contribution in [0.25, 0.3) is 10.9 Å². The quantitative estimate of drug-likeness (QED) is 0.286. The SMILES string of the molecule is CC[C@H]1[C@H]2[C@H]([C@@H](C)c3c[nH]c4ccccc34)NC(=O)[C@]23C(=O)/C=C/C(=O)[C@H](O)/C(C)=C\[C@@H](C)C/C=C/[C@H]3[C@@H]2O[C@]12C. The van der Waals surface area contributed by atoms with E-state index in [2.05, 4.69) is 37.1 Å². The predicted octanol–water partition coefficient (Wildman–Crippen LogP) is 4.78. The van der Waals surface area contributed by atoms with Crippen molar-refractivity contribution in [2.24, 2.45) is 29.1 Å². The van der Waals surface area contributed by atoms with Crippen LogP contribution in [-0.2, 0) is 19.1 Å². The molecule has 1 spiro atoms. The zero-order chi connectivity index (χ0) is 29.3. The lowest BCUT2D eigenvalue weighted by Gasteiger charge is -2.47. The smallest absolute Gasteiger partial charge is 0.235 e. The highest BCUT2D eigenvalue weighted by Gasteiger charge is 2.79. The molecule has 0 bridgehead atoms. The van der Waals surface area contributed by atoms with E-state index in [-0.39, 0.29) is 41.7 Å². The second kappa shape index (κ2) is 9.92. The molecule has 7 nitrogen and oxygen atoms in total. The van der Waals surface area contributed by atoms with Gasteiger partial charge in [-0.15, -0.1) is 0 Å². The van der Waals surface area contributed by atoms with Gasteiger partial charge in [-0.25, -0.2) is 0 Å². The number of benzene rings is 1. The molecule has 2 aliphatic heterocycles. The van der Waals surface area contributed by atoms with Gasteiger partial charge in [0.2, 0.25) is 5.91 Å². The Kier molecular flexibility index (Phi) is 6.74. The van der Waals surface area contributed by atoms with Crippen molar-refractivity contribution in [2.45, 2.75) is 77.2 Å². The number of para-hydroxylation sites is 1. The van der Waals surface area contributed by atoms with Crippen LogP contribution in [-0.4, -0.2) is 51.4 Å². The summed E-state index contributed by atoms with van der Waals surface area (Å²) in [4.78, 5) is 45.2. The maximum Gasteiger partial charge on any atom is 0.235 e. The Morgan fingerprint density at radius 2 is 1.93 bits per heavy atom. The third-order valence-corrected chi connectivity index (χ3v) is 10.5. The maximum absolute atomic E-state index is 14.5. The Hall–Kier alpha value is -3.29. The lowest BCUT2D eigenvalue weighted by atomic mass is 9.50. The molecule has 1 aromatic carbocycles. The van der Waals surface area contributed by atoms with Gasteiger partial charge in [-0.2, -0.15) is 0 Å². The van der Waals surface area contributed by atoms with Crippen molar-refractivity contribution in [1.29, 1.82) is 0 Å². The number of hydrogen-bond acceptors (Lipinski definition) is 5. The van der Waals surface area contributed by atoms with E-state index in [0.29, 0.717) is 12.0 Å². The number of aliphatic hydroxyl groups is 1. The average Bonchev–Trinajstić information content (AvgIpc) is 3.31. The zero-order valence-corrected chi connectivity index (χ0v) is 24.4. The first kappa shape index (κ1) is 27.9. The van der Waals surface area contributed by atoms with E-state index in [4.69, 9.17) is 4.74 Å². The summed E-state index contributed by atoms with van der Waals surface area (Å²) in [6, 6.07) is 7.79. The number of fused-ring (bicyclic) bond motifs is 3. The Morgan fingerprint density at radius 3 is 2.68 bits per heavy atom. The van der Waals surface area contributed by atoms with E-state index in [1.165, 1.54) is 6.08 Å². The molecule has 2 aromatic rings. The van der Waals surface area contributed by atoms with E-state index >= 15 is 0 Å². The molecule has 1 amide bonds. The summed E-state index contributed by atoms with van der Waals surface area (Å²) in [5.41, 5.74) is 0.795. The van der Waals surface area contributed by atoms with Crippen LogP contribution in [0.3, 0.4) is 0 Å². The topological polar surface area (TPSA) is 112 Å². The van der Waals surface area contributed by atoms with Gasteiger partial charge in [0, 0.05) is 40.9 Å². The van der Waals surface area contributed by atoms with Gasteiger partial charge in [0.1, 0.15) is 11.5 Å². The number of carbonyl (C=O) groups excluding carboxylic acids is 3. The van der Waals surface area contributed by atoms with E-state index in [1.807, 2.05) is 49.5 Å². The fourth-order valence-electron chi connectivity index (χ4n) is 8.41. The molecule has 2 aliphatic carbocycles. The Bertz CT molecular complexity index is 1500. The molecule has 6 rings (SSSR count). The lowest BCUT2D eigenvalue weighted by molar-refractivity contribution is -0.145. The molecular weight excluding hydrogens is 516 g/mol. The third kappa shape index (κ3) is 4.03. The molecule has 3 N–H and O–H groups in total. The van der Waals surface area contributed by atoms with Crippen LogP contribution in [0.5, 0.6) is 0 Å². The van der Waals surface area contributed by atoms with Gasteiger partial charge in [-0.05, 0) is 61.5 Å². The fraction of sp³-hybridized carbons (Fsp3) is 0.500. The number of carbonyl (C=O) groups is 3. The molecule has 1 saturated carbocycles. The van der Waals surface area contributed by atoms with Gasteiger partial charge in [0.15, 0.2) is 11.6 Å². The normalized spacial score (nSPS) is 42.3. The highest BCUT2D eigenvalue weighted by atomic mass is 16.6. The fourth-order valence-corrected chi connectivity index (χ4v) is 8.41. The van der Waals surface area contributed by atoms with Gasteiger partial charge in [0.05, 0.1) is 11.7 Å². The first-order valence-electron chi connectivity index (χ1n) is 14.9. The first-order chi connectivity index (χ1) is 19.5. The van der Waals surface area contributed by atoms with E-state index in [0.717, 1.165) is 29.0 Å². The molecule has 3 fully saturated rings. The minimum atomic E-state index is -1.43. The van der Waals surface area contributed by atoms with Crippen molar-refractivity contribution in [3.8, 4) is 0 Å². The number of aromatic nitrogens is 1. The van der Waals surface area contributed by atoms with Gasteiger partial charge < -0.3 is 20.1 Å². The number of aromatic amines is 1. The van der Waals surface area contributed by atoms with Crippen LogP contribution in [0.4, 0.5) is 0 Å². The van der Waals surface area contributed by atoms with E-state index in [9.17, 15) is 19.5 Å². The van der Waals surface area contributed by atoms with Crippen molar-refractivity contribution in [2.75, 3.05) is 0 Å². The number of rotatable bonds is 3.